The van der Waals surface area contributed by atoms with Gasteiger partial charge in [-0.2, -0.15) is 58.7 Å². The first-order valence-corrected chi connectivity index (χ1v) is 45.6. The minimum absolute atomic E-state index is 0.428. The fourth-order valence-electron chi connectivity index (χ4n) is 12.4. The third kappa shape index (κ3) is 14.6. The Morgan fingerprint density at radius 2 is 0.352 bits per heavy atom. The molecule has 0 fully saturated rings. The van der Waals surface area contributed by atoms with Crippen molar-refractivity contribution in [1.29, 1.82) is 0 Å². The van der Waals surface area contributed by atoms with Crippen LogP contribution in [0, 0.1) is 0 Å². The van der Waals surface area contributed by atoms with E-state index in [-0.39, 0.29) is 0 Å². The predicted octanol–water partition coefficient (Wildman–Crippen LogP) is 15.1. The molecule has 0 amide bonds. The number of aromatic nitrogens is 18. The smallest absolute Gasteiger partial charge is 0.181 e. The van der Waals surface area contributed by atoms with Crippen LogP contribution in [0.1, 0.15) is 66.8 Å². The van der Waals surface area contributed by atoms with Crippen LogP contribution in [-0.4, -0.2) is 158 Å². The van der Waals surface area contributed by atoms with Gasteiger partial charge in [-0.3, -0.25) is 0 Å². The van der Waals surface area contributed by atoms with E-state index >= 15 is 0 Å². The number of nitrogens with zero attached hydrogens (tertiary/aromatic N) is 24. The molecule has 7 aromatic carbocycles. The van der Waals surface area contributed by atoms with Crippen molar-refractivity contribution in [3.63, 3.8) is 0 Å². The van der Waals surface area contributed by atoms with Crippen LogP contribution in [0.15, 0.2) is 274 Å². The molecule has 13 aromatic rings. The van der Waals surface area contributed by atoms with Crippen molar-refractivity contribution in [2.75, 3.05) is 34.5 Å². The van der Waals surface area contributed by atoms with Crippen LogP contribution in [-0.2, 0) is 34.5 Å². The Bertz CT molecular complexity index is 4820. The van der Waals surface area contributed by atoms with E-state index < -0.39 is 0 Å². The van der Waals surface area contributed by atoms with E-state index in [1.165, 1.54) is 0 Å². The highest BCUT2D eigenvalue weighted by Gasteiger charge is 2.33. The molecule has 19 rings (SSSR count). The maximum atomic E-state index is 5.30. The van der Waals surface area contributed by atoms with E-state index in [4.69, 9.17) is 91.8 Å². The average Bonchev–Trinajstić information content (AvgIpc) is 0.846. The highest BCUT2D eigenvalue weighted by molar-refractivity contribution is 8.02. The second-order valence-electron chi connectivity index (χ2n) is 24.3. The summed E-state index contributed by atoms with van der Waals surface area (Å²) in [5.41, 5.74) is 18.3. The Morgan fingerprint density at radius 3 is 0.500 bits per heavy atom. The molecule has 0 unspecified atom stereocenters. The molecule has 24 nitrogen and oxygen atoms in total. The minimum Gasteiger partial charge on any atom is -0.181 e. The Morgan fingerprint density at radius 1 is 0.204 bits per heavy atom. The highest BCUT2D eigenvalue weighted by atomic mass is 32.2. The van der Waals surface area contributed by atoms with Gasteiger partial charge in [0, 0.05) is 69.0 Å². The summed E-state index contributed by atoms with van der Waals surface area (Å²) in [7, 11) is 0. The SMILES string of the molecule is c1ccc(C2=Nn3c(nnc3SCc3c(CSc4nnc5n4N=C(c4ccccc4)CS5)c(CSc4nnc5n4N=C(c4ccccc4)CS5)c(CSc4nnc5n4N=C(c4ccccc4)CS5)c(CSc4nnc5n4N=C(c4ccccc4)CS5)c3CSc3nnc4n3N=C(c3ccccc3)CS4)SC2)cc1. The minimum atomic E-state index is 0.428. The second kappa shape index (κ2) is 31.9. The van der Waals surface area contributed by atoms with Crippen molar-refractivity contribution >= 4 is 175 Å². The molecule has 108 heavy (non-hydrogen) atoms. The van der Waals surface area contributed by atoms with Gasteiger partial charge in [0.15, 0.2) is 0 Å². The molecule has 12 heterocycles. The van der Waals surface area contributed by atoms with E-state index in [2.05, 4.69) is 72.8 Å². The Labute approximate surface area is 668 Å². The van der Waals surface area contributed by atoms with Crippen LogP contribution in [0.2, 0.25) is 0 Å². The van der Waals surface area contributed by atoms with Crippen LogP contribution in [0.3, 0.4) is 0 Å². The van der Waals surface area contributed by atoms with Crippen molar-refractivity contribution in [3.8, 4) is 0 Å². The first-order valence-electron chi connectivity index (χ1n) is 33.7. The lowest BCUT2D eigenvalue weighted by molar-refractivity contribution is 0.692. The highest BCUT2D eigenvalue weighted by Crippen LogP contribution is 2.47. The number of fused-ring (bicyclic) bond motifs is 6. The van der Waals surface area contributed by atoms with Crippen LogP contribution in [0.5, 0.6) is 0 Å². The van der Waals surface area contributed by atoms with Crippen LogP contribution in [0.25, 0.3) is 0 Å². The molecular formula is C72H54N24S12. The molecule has 6 aliphatic heterocycles. The van der Waals surface area contributed by atoms with Gasteiger partial charge >= 0.3 is 0 Å². The molecule has 0 bridgehead atoms. The summed E-state index contributed by atoms with van der Waals surface area (Å²) in [6.07, 6.45) is 0. The standard InChI is InChI=1S/C72H54N24S12/c1-7-19-43(20-8-1)55-37-103-67-79-73-61(91(67)85-55)97-31-49-50(32-98-62-74-80-68-92(62)86-56(38-104-68)44-21-9-2-10-22-44)52(34-100-64-76-82-70-94(64)88-58(40-106-70)46-25-13-4-14-26-46)54(36-102-66-78-84-72-96(66)90-60(42-108-72)48-29-17-6-18-30-48)53(35-101-65-77-83-71-95(65)89-59(41-107-71)47-27-15-5-16-28-47)51(49)33-99-63-75-81-69-93(63)87-57(39-105-69)45-23-11-3-12-24-45/h1-30H,31-42H2. The lowest BCUT2D eigenvalue weighted by Gasteiger charge is -2.27. The molecule has 0 saturated heterocycles. The Kier molecular flexibility index (Phi) is 20.7. The second-order valence-corrected chi connectivity index (χ2v) is 35.6. The van der Waals surface area contributed by atoms with Crippen molar-refractivity contribution in [3.05, 3.63) is 249 Å². The number of thioether (sulfide) groups is 12. The van der Waals surface area contributed by atoms with Gasteiger partial charge in [-0.25, -0.2) is 0 Å². The first-order chi connectivity index (χ1) is 53.5. The maximum absolute atomic E-state index is 5.30. The first kappa shape index (κ1) is 70.0. The molecular weight excluding hydrogens is 1590 g/mol. The van der Waals surface area contributed by atoms with Crippen LogP contribution < -0.4 is 0 Å². The van der Waals surface area contributed by atoms with E-state index in [1.807, 2.05) is 137 Å². The van der Waals surface area contributed by atoms with Gasteiger partial charge in [-0.15, -0.1) is 61.2 Å². The largest absolute Gasteiger partial charge is 0.213 e. The fraction of sp³-hybridized carbons (Fsp3) is 0.167. The number of rotatable bonds is 24. The summed E-state index contributed by atoms with van der Waals surface area (Å²) >= 11 is 19.4. The molecule has 6 aromatic heterocycles. The van der Waals surface area contributed by atoms with E-state index in [0.717, 1.165) is 132 Å². The van der Waals surface area contributed by atoms with Gasteiger partial charge in [0.2, 0.25) is 61.9 Å². The summed E-state index contributed by atoms with van der Waals surface area (Å²) in [5, 5.41) is 98.5. The fourth-order valence-corrected chi connectivity index (χ4v) is 23.6. The quantitative estimate of drug-likeness (QED) is 0.0509. The zero-order valence-electron chi connectivity index (χ0n) is 56.4. The lowest BCUT2D eigenvalue weighted by atomic mass is 9.90. The molecule has 36 heteroatoms. The molecule has 6 aliphatic rings. The van der Waals surface area contributed by atoms with E-state index in [1.54, 1.807) is 141 Å². The lowest BCUT2D eigenvalue weighted by Crippen LogP contribution is -2.16. The number of hydrogen-bond acceptors (Lipinski definition) is 30. The molecule has 0 aliphatic carbocycles. The molecule has 534 valence electrons. The van der Waals surface area contributed by atoms with Crippen molar-refractivity contribution in [2.45, 2.75) is 96.4 Å². The molecule has 0 saturated carbocycles. The van der Waals surface area contributed by atoms with E-state index in [0.29, 0.717) is 100.0 Å². The average molecular weight is 1640 g/mol. The summed E-state index contributed by atoms with van der Waals surface area (Å²) in [6.45, 7) is 0. The number of hydrogen-bond donors (Lipinski definition) is 0. The Hall–Kier alpha value is -8.40. The third-order valence-electron chi connectivity index (χ3n) is 17.8. The molecule has 0 N–H and O–H groups in total. The normalized spacial score (nSPS) is 15.0. The van der Waals surface area contributed by atoms with Crippen molar-refractivity contribution in [1.82, 2.24) is 89.2 Å². The van der Waals surface area contributed by atoms with Gasteiger partial charge in [-0.05, 0) is 66.8 Å². The maximum Gasteiger partial charge on any atom is 0.213 e. The van der Waals surface area contributed by atoms with Gasteiger partial charge < -0.3 is 0 Å². The zero-order valence-corrected chi connectivity index (χ0v) is 66.2. The van der Waals surface area contributed by atoms with Crippen LogP contribution in [0.4, 0.5) is 0 Å². The monoisotopic (exact) mass is 1640 g/mol. The van der Waals surface area contributed by atoms with Gasteiger partial charge in [-0.1, -0.05) is 323 Å². The van der Waals surface area contributed by atoms with Crippen molar-refractivity contribution in [2.24, 2.45) is 30.6 Å². The molecule has 0 atom stereocenters. The molecule has 0 spiro atoms. The summed E-state index contributed by atoms with van der Waals surface area (Å²) in [6, 6.07) is 61.9. The number of benzene rings is 7. The summed E-state index contributed by atoms with van der Waals surface area (Å²) in [5.74, 6) is 6.47. The van der Waals surface area contributed by atoms with Gasteiger partial charge in [0.25, 0.3) is 0 Å². The van der Waals surface area contributed by atoms with Crippen molar-refractivity contribution < 1.29 is 0 Å². The summed E-state index contributed by atoms with van der Waals surface area (Å²) in [4.78, 5) is 0. The zero-order chi connectivity index (χ0) is 71.7. The van der Waals surface area contributed by atoms with Crippen LogP contribution >= 0.6 is 141 Å². The van der Waals surface area contributed by atoms with Gasteiger partial charge in [0.05, 0.1) is 34.3 Å². The summed E-state index contributed by atoms with van der Waals surface area (Å²) < 4.78 is 11.4. The van der Waals surface area contributed by atoms with Gasteiger partial charge in [0.1, 0.15) is 0 Å². The third-order valence-corrected chi connectivity index (χ3v) is 29.0. The van der Waals surface area contributed by atoms with E-state index in [9.17, 15) is 0 Å². The predicted molar refractivity (Wildman–Crippen MR) is 439 cm³/mol. The molecule has 0 radical (unpaired) electrons. The topological polar surface area (TPSA) is 258 Å². The Balaban J connectivity index is 0.819.